The normalized spacial score (nSPS) is 23.5. The van der Waals surface area contributed by atoms with Crippen molar-refractivity contribution in [1.29, 1.82) is 0 Å². The van der Waals surface area contributed by atoms with Gasteiger partial charge in [0.15, 0.2) is 0 Å². The molecule has 0 aromatic rings. The lowest BCUT2D eigenvalue weighted by Gasteiger charge is -2.25. The molecule has 5 nitrogen and oxygen atoms in total. The van der Waals surface area contributed by atoms with Crippen molar-refractivity contribution in [2.24, 2.45) is 0 Å². The summed E-state index contributed by atoms with van der Waals surface area (Å²) in [7, 11) is -1.73. The Morgan fingerprint density at radius 3 is 2.75 bits per heavy atom. The van der Waals surface area contributed by atoms with E-state index in [1.165, 1.54) is 7.11 Å². The lowest BCUT2D eigenvalue weighted by atomic mass is 10.1. The van der Waals surface area contributed by atoms with Gasteiger partial charge in [-0.15, -0.1) is 12.4 Å². The van der Waals surface area contributed by atoms with Crippen LogP contribution in [0.15, 0.2) is 0 Å². The summed E-state index contributed by atoms with van der Waals surface area (Å²) >= 11 is 0. The van der Waals surface area contributed by atoms with E-state index in [2.05, 4.69) is 10.0 Å². The van der Waals surface area contributed by atoms with E-state index in [0.29, 0.717) is 0 Å². The van der Waals surface area contributed by atoms with Crippen LogP contribution in [-0.4, -0.2) is 46.5 Å². The summed E-state index contributed by atoms with van der Waals surface area (Å²) < 4.78 is 31.1. The van der Waals surface area contributed by atoms with Crippen molar-refractivity contribution >= 4 is 22.4 Å². The molecule has 1 saturated heterocycles. The molecule has 0 aromatic heterocycles. The van der Waals surface area contributed by atoms with Gasteiger partial charge in [-0.2, -0.15) is 0 Å². The van der Waals surface area contributed by atoms with Gasteiger partial charge in [0.1, 0.15) is 0 Å². The van der Waals surface area contributed by atoms with E-state index in [4.69, 9.17) is 4.74 Å². The molecular weight excluding hydrogens is 252 g/mol. The van der Waals surface area contributed by atoms with E-state index in [0.717, 1.165) is 25.9 Å². The first kappa shape index (κ1) is 16.1. The van der Waals surface area contributed by atoms with Gasteiger partial charge in [-0.25, -0.2) is 13.1 Å². The number of ether oxygens (including phenoxy) is 1. The summed E-state index contributed by atoms with van der Waals surface area (Å²) in [6.07, 6.45) is 1.93. The fourth-order valence-corrected chi connectivity index (χ4v) is 2.84. The second-order valence-corrected chi connectivity index (χ2v) is 6.10. The molecule has 16 heavy (non-hydrogen) atoms. The van der Waals surface area contributed by atoms with Gasteiger partial charge in [-0.3, -0.25) is 0 Å². The Labute approximate surface area is 104 Å². The van der Waals surface area contributed by atoms with Crippen LogP contribution < -0.4 is 10.0 Å². The van der Waals surface area contributed by atoms with Gasteiger partial charge in [0.25, 0.3) is 0 Å². The predicted molar refractivity (Wildman–Crippen MR) is 66.5 cm³/mol. The predicted octanol–water partition coefficient (Wildman–Crippen LogP) is 0.115. The SMILES string of the molecule is COCC(C)S(=O)(=O)NC1CCCNC1.Cl. The first-order chi connectivity index (χ1) is 7.06. The van der Waals surface area contributed by atoms with Gasteiger partial charge in [0.2, 0.25) is 10.0 Å². The molecule has 1 rings (SSSR count). The fourth-order valence-electron chi connectivity index (χ4n) is 1.63. The van der Waals surface area contributed by atoms with Crippen molar-refractivity contribution < 1.29 is 13.2 Å². The molecule has 2 N–H and O–H groups in total. The zero-order valence-electron chi connectivity index (χ0n) is 9.73. The van der Waals surface area contributed by atoms with Crippen LogP contribution in [0.5, 0.6) is 0 Å². The van der Waals surface area contributed by atoms with Crippen molar-refractivity contribution in [3.8, 4) is 0 Å². The van der Waals surface area contributed by atoms with Crippen LogP contribution in [0.3, 0.4) is 0 Å². The van der Waals surface area contributed by atoms with Crippen LogP contribution in [0.1, 0.15) is 19.8 Å². The molecule has 1 fully saturated rings. The Kier molecular flexibility index (Phi) is 7.50. The van der Waals surface area contributed by atoms with E-state index in [-0.39, 0.29) is 25.1 Å². The zero-order chi connectivity index (χ0) is 11.3. The van der Waals surface area contributed by atoms with Crippen LogP contribution in [0.25, 0.3) is 0 Å². The van der Waals surface area contributed by atoms with Crippen LogP contribution in [0.4, 0.5) is 0 Å². The molecule has 0 aromatic carbocycles. The number of methoxy groups -OCH3 is 1. The highest BCUT2D eigenvalue weighted by molar-refractivity contribution is 7.90. The molecule has 2 atom stereocenters. The molecule has 1 aliphatic heterocycles. The number of hydrogen-bond acceptors (Lipinski definition) is 4. The third-order valence-electron chi connectivity index (χ3n) is 2.56. The summed E-state index contributed by atoms with van der Waals surface area (Å²) in [6.45, 7) is 3.59. The average molecular weight is 273 g/mol. The van der Waals surface area contributed by atoms with Crippen LogP contribution >= 0.6 is 12.4 Å². The van der Waals surface area contributed by atoms with E-state index >= 15 is 0 Å². The van der Waals surface area contributed by atoms with Gasteiger partial charge in [-0.05, 0) is 26.3 Å². The third kappa shape index (κ3) is 4.97. The highest BCUT2D eigenvalue weighted by Crippen LogP contribution is 2.06. The van der Waals surface area contributed by atoms with Crippen molar-refractivity contribution in [3.63, 3.8) is 0 Å². The van der Waals surface area contributed by atoms with Crippen molar-refractivity contribution in [2.45, 2.75) is 31.1 Å². The number of hydrogen-bond donors (Lipinski definition) is 2. The number of halogens is 1. The Balaban J connectivity index is 0.00000225. The van der Waals surface area contributed by atoms with Gasteiger partial charge in [0.05, 0.1) is 11.9 Å². The molecule has 0 bridgehead atoms. The molecule has 0 saturated carbocycles. The van der Waals surface area contributed by atoms with E-state index < -0.39 is 15.3 Å². The van der Waals surface area contributed by atoms with Gasteiger partial charge in [-0.1, -0.05) is 0 Å². The number of piperidine rings is 1. The second kappa shape index (κ2) is 7.45. The molecule has 1 heterocycles. The van der Waals surface area contributed by atoms with Crippen molar-refractivity contribution in [3.05, 3.63) is 0 Å². The summed E-state index contributed by atoms with van der Waals surface area (Å²) in [5.74, 6) is 0. The standard InChI is InChI=1S/C9H20N2O3S.ClH/c1-8(7-14-2)15(12,13)11-9-4-3-5-10-6-9;/h8-11H,3-7H2,1-2H3;1H. The Morgan fingerprint density at radius 2 is 2.25 bits per heavy atom. The van der Waals surface area contributed by atoms with E-state index in [1.807, 2.05) is 0 Å². The van der Waals surface area contributed by atoms with Crippen LogP contribution in [-0.2, 0) is 14.8 Å². The Hall–Kier alpha value is 0.120. The second-order valence-electron chi connectivity index (χ2n) is 3.97. The topological polar surface area (TPSA) is 67.4 Å². The van der Waals surface area contributed by atoms with E-state index in [9.17, 15) is 8.42 Å². The zero-order valence-corrected chi connectivity index (χ0v) is 11.4. The highest BCUT2D eigenvalue weighted by Gasteiger charge is 2.25. The summed E-state index contributed by atoms with van der Waals surface area (Å²) in [5.41, 5.74) is 0. The number of sulfonamides is 1. The van der Waals surface area contributed by atoms with Gasteiger partial charge in [0, 0.05) is 19.7 Å². The first-order valence-corrected chi connectivity index (χ1v) is 6.81. The highest BCUT2D eigenvalue weighted by atomic mass is 35.5. The maximum atomic E-state index is 11.8. The van der Waals surface area contributed by atoms with Crippen molar-refractivity contribution in [2.75, 3.05) is 26.8 Å². The molecule has 0 radical (unpaired) electrons. The smallest absolute Gasteiger partial charge is 0.216 e. The molecule has 0 amide bonds. The maximum Gasteiger partial charge on any atom is 0.216 e. The Bertz CT molecular complexity index is 278. The largest absolute Gasteiger partial charge is 0.383 e. The minimum Gasteiger partial charge on any atom is -0.383 e. The van der Waals surface area contributed by atoms with Crippen molar-refractivity contribution in [1.82, 2.24) is 10.0 Å². The average Bonchev–Trinajstić information content (AvgIpc) is 2.19. The molecule has 7 heteroatoms. The van der Waals surface area contributed by atoms with Gasteiger partial charge < -0.3 is 10.1 Å². The minimum atomic E-state index is -3.24. The number of nitrogens with one attached hydrogen (secondary N) is 2. The molecule has 2 unspecified atom stereocenters. The summed E-state index contributed by atoms with van der Waals surface area (Å²) in [5, 5.41) is 2.67. The molecule has 0 spiro atoms. The molecule has 0 aliphatic carbocycles. The summed E-state index contributed by atoms with van der Waals surface area (Å²) in [4.78, 5) is 0. The van der Waals surface area contributed by atoms with Crippen LogP contribution in [0.2, 0.25) is 0 Å². The molecule has 98 valence electrons. The van der Waals surface area contributed by atoms with Crippen LogP contribution in [0, 0.1) is 0 Å². The molecule has 1 aliphatic rings. The van der Waals surface area contributed by atoms with Gasteiger partial charge >= 0.3 is 0 Å². The Morgan fingerprint density at radius 1 is 1.56 bits per heavy atom. The first-order valence-electron chi connectivity index (χ1n) is 5.27. The maximum absolute atomic E-state index is 11.8. The monoisotopic (exact) mass is 272 g/mol. The summed E-state index contributed by atoms with van der Waals surface area (Å²) in [6, 6.07) is 0.0306. The lowest BCUT2D eigenvalue weighted by molar-refractivity contribution is 0.200. The fraction of sp³-hybridized carbons (Fsp3) is 1.00. The third-order valence-corrected chi connectivity index (χ3v) is 4.42. The quantitative estimate of drug-likeness (QED) is 0.746. The van der Waals surface area contributed by atoms with E-state index in [1.54, 1.807) is 6.92 Å². The number of rotatable bonds is 5. The minimum absolute atomic E-state index is 0. The lowest BCUT2D eigenvalue weighted by Crippen LogP contribution is -2.48. The molecular formula is C9H21ClN2O3S.